The van der Waals surface area contributed by atoms with Crippen LogP contribution in [0, 0.1) is 0 Å². The van der Waals surface area contributed by atoms with E-state index >= 15 is 0 Å². The normalized spacial score (nSPS) is 17.8. The summed E-state index contributed by atoms with van der Waals surface area (Å²) < 4.78 is 5.26. The number of hydrogen-bond donors (Lipinski definition) is 0. The van der Waals surface area contributed by atoms with Crippen LogP contribution in [0.25, 0.3) is 5.76 Å². The maximum atomic E-state index is 11.5. The van der Waals surface area contributed by atoms with Gasteiger partial charge in [0.15, 0.2) is 0 Å². The minimum Gasteiger partial charge on any atom is -0.423 e. The van der Waals surface area contributed by atoms with E-state index in [0.717, 1.165) is 11.3 Å². The Hall–Kier alpha value is -1.35. The van der Waals surface area contributed by atoms with Crippen molar-refractivity contribution in [1.82, 2.24) is 0 Å². The number of carbonyl (C=O) groups is 1. The average molecular weight is 218 g/mol. The molecule has 0 saturated heterocycles. The van der Waals surface area contributed by atoms with Crippen molar-refractivity contribution in [2.75, 3.05) is 0 Å². The molecule has 0 aromatic heterocycles. The average Bonchev–Trinajstić information content (AvgIpc) is 2.42. The zero-order valence-corrected chi connectivity index (χ0v) is 10.2. The van der Waals surface area contributed by atoms with E-state index in [1.165, 1.54) is 0 Å². The van der Waals surface area contributed by atoms with Crippen molar-refractivity contribution in [3.63, 3.8) is 0 Å². The summed E-state index contributed by atoms with van der Waals surface area (Å²) in [5, 5.41) is 0. The molecule has 1 aromatic rings. The van der Waals surface area contributed by atoms with Gasteiger partial charge in [0.25, 0.3) is 0 Å². The molecule has 78 valence electrons. The number of esters is 1. The van der Waals surface area contributed by atoms with E-state index in [4.69, 9.17) is 4.74 Å². The Balaban J connectivity index is 2.50. The maximum absolute atomic E-state index is 11.5. The Morgan fingerprint density at radius 3 is 2.33 bits per heavy atom. The van der Waals surface area contributed by atoms with Gasteiger partial charge in [-0.2, -0.15) is 0 Å². The molecule has 1 aromatic carbocycles. The van der Waals surface area contributed by atoms with Crippen LogP contribution in [-0.4, -0.2) is 14.0 Å². The Bertz CT molecular complexity index is 441. The van der Waals surface area contributed by atoms with Gasteiger partial charge < -0.3 is 4.74 Å². The van der Waals surface area contributed by atoms with Crippen LogP contribution in [0.4, 0.5) is 0 Å². The molecule has 0 spiro atoms. The van der Waals surface area contributed by atoms with Crippen LogP contribution in [0.5, 0.6) is 0 Å². The van der Waals surface area contributed by atoms with Crippen molar-refractivity contribution in [3.05, 3.63) is 41.1 Å². The van der Waals surface area contributed by atoms with Crippen molar-refractivity contribution >= 4 is 19.8 Å². The van der Waals surface area contributed by atoms with Crippen molar-refractivity contribution in [2.45, 2.75) is 19.6 Å². The number of hydrogen-bond acceptors (Lipinski definition) is 2. The Kier molecular flexibility index (Phi) is 2.27. The molecule has 0 unspecified atom stereocenters. The standard InChI is InChI=1S/C12H14O2Si/c1-15(2,3)8-11-9-6-4-5-7-10(9)12(13)14-11/h4-8H,1-3H3/b11-8+. The van der Waals surface area contributed by atoms with Crippen molar-refractivity contribution in [1.29, 1.82) is 0 Å². The summed E-state index contributed by atoms with van der Waals surface area (Å²) in [5.74, 6) is 0.518. The smallest absolute Gasteiger partial charge is 0.344 e. The van der Waals surface area contributed by atoms with E-state index < -0.39 is 8.07 Å². The first-order valence-electron chi connectivity index (χ1n) is 5.02. The Labute approximate surface area is 90.6 Å². The van der Waals surface area contributed by atoms with Gasteiger partial charge >= 0.3 is 5.97 Å². The van der Waals surface area contributed by atoms with Gasteiger partial charge in [0, 0.05) is 5.56 Å². The van der Waals surface area contributed by atoms with Gasteiger partial charge in [-0.15, -0.1) is 0 Å². The van der Waals surface area contributed by atoms with Gasteiger partial charge in [0.2, 0.25) is 0 Å². The van der Waals surface area contributed by atoms with Crippen molar-refractivity contribution < 1.29 is 9.53 Å². The monoisotopic (exact) mass is 218 g/mol. The molecule has 0 radical (unpaired) electrons. The second-order valence-corrected chi connectivity index (χ2v) is 9.83. The molecule has 2 rings (SSSR count). The molecule has 1 aliphatic heterocycles. The minimum absolute atomic E-state index is 0.227. The SMILES string of the molecule is C[Si](C)(C)/C=C1/OC(=O)c2ccccc21. The lowest BCUT2D eigenvalue weighted by molar-refractivity contribution is 0.0716. The predicted octanol–water partition coefficient (Wildman–Crippen LogP) is 3.08. The summed E-state index contributed by atoms with van der Waals surface area (Å²) in [6.45, 7) is 6.65. The summed E-state index contributed by atoms with van der Waals surface area (Å²) in [6.07, 6.45) is 0. The number of ether oxygens (including phenoxy) is 1. The second kappa shape index (κ2) is 3.34. The van der Waals surface area contributed by atoms with Crippen LogP contribution in [-0.2, 0) is 4.74 Å². The van der Waals surface area contributed by atoms with Gasteiger partial charge in [0.05, 0.1) is 13.6 Å². The molecule has 1 aliphatic rings. The van der Waals surface area contributed by atoms with Crippen LogP contribution in [0.2, 0.25) is 19.6 Å². The maximum Gasteiger partial charge on any atom is 0.344 e. The number of rotatable bonds is 1. The molecule has 0 atom stereocenters. The van der Waals surface area contributed by atoms with E-state index in [1.54, 1.807) is 0 Å². The lowest BCUT2D eigenvalue weighted by Crippen LogP contribution is -2.16. The molecule has 1 heterocycles. The summed E-state index contributed by atoms with van der Waals surface area (Å²) in [4.78, 5) is 11.5. The fourth-order valence-electron chi connectivity index (χ4n) is 1.59. The summed E-state index contributed by atoms with van der Waals surface area (Å²) in [7, 11) is -1.36. The topological polar surface area (TPSA) is 26.3 Å². The molecule has 0 aliphatic carbocycles. The van der Waals surface area contributed by atoms with E-state index in [9.17, 15) is 4.79 Å². The molecular formula is C12H14O2Si. The van der Waals surface area contributed by atoms with Crippen molar-refractivity contribution in [2.24, 2.45) is 0 Å². The predicted molar refractivity (Wildman–Crippen MR) is 63.2 cm³/mol. The molecular weight excluding hydrogens is 204 g/mol. The quantitative estimate of drug-likeness (QED) is 0.535. The Morgan fingerprint density at radius 1 is 1.13 bits per heavy atom. The first kappa shape index (κ1) is 10.2. The highest BCUT2D eigenvalue weighted by atomic mass is 28.3. The largest absolute Gasteiger partial charge is 0.423 e. The van der Waals surface area contributed by atoms with Crippen LogP contribution in [0.1, 0.15) is 15.9 Å². The second-order valence-electron chi connectivity index (χ2n) is 4.81. The first-order chi connectivity index (χ1) is 6.97. The van der Waals surface area contributed by atoms with Gasteiger partial charge in [-0.25, -0.2) is 4.79 Å². The summed E-state index contributed by atoms with van der Waals surface area (Å²) >= 11 is 0. The van der Waals surface area contributed by atoms with Crippen LogP contribution in [0.3, 0.4) is 0 Å². The third kappa shape index (κ3) is 2.02. The van der Waals surface area contributed by atoms with Crippen molar-refractivity contribution in [3.8, 4) is 0 Å². The molecule has 0 amide bonds. The number of carbonyl (C=O) groups excluding carboxylic acids is 1. The van der Waals surface area contributed by atoms with Gasteiger partial charge in [0.1, 0.15) is 5.76 Å². The van der Waals surface area contributed by atoms with Gasteiger partial charge in [-0.05, 0) is 6.07 Å². The highest BCUT2D eigenvalue weighted by Crippen LogP contribution is 2.30. The molecule has 3 heteroatoms. The fourth-order valence-corrected chi connectivity index (χ4v) is 2.59. The Morgan fingerprint density at radius 2 is 1.73 bits per heavy atom. The third-order valence-corrected chi connectivity index (χ3v) is 3.31. The zero-order chi connectivity index (χ0) is 11.1. The number of benzene rings is 1. The molecule has 15 heavy (non-hydrogen) atoms. The lowest BCUT2D eigenvalue weighted by Gasteiger charge is -2.10. The number of cyclic esters (lactones) is 1. The van der Waals surface area contributed by atoms with Gasteiger partial charge in [-0.3, -0.25) is 0 Å². The lowest BCUT2D eigenvalue weighted by atomic mass is 10.1. The van der Waals surface area contributed by atoms with E-state index in [-0.39, 0.29) is 5.97 Å². The van der Waals surface area contributed by atoms with Gasteiger partial charge in [-0.1, -0.05) is 43.5 Å². The van der Waals surface area contributed by atoms with E-state index in [0.29, 0.717) is 5.56 Å². The van der Waals surface area contributed by atoms with Crippen LogP contribution in [0.15, 0.2) is 30.0 Å². The molecule has 0 saturated carbocycles. The highest BCUT2D eigenvalue weighted by Gasteiger charge is 2.27. The number of fused-ring (bicyclic) bond motifs is 1. The fraction of sp³-hybridized carbons (Fsp3) is 0.250. The van der Waals surface area contributed by atoms with Crippen LogP contribution < -0.4 is 0 Å². The summed E-state index contributed by atoms with van der Waals surface area (Å²) in [5.41, 5.74) is 3.74. The summed E-state index contributed by atoms with van der Waals surface area (Å²) in [6, 6.07) is 7.53. The third-order valence-electron chi connectivity index (χ3n) is 2.18. The highest BCUT2D eigenvalue weighted by molar-refractivity contribution is 6.81. The first-order valence-corrected chi connectivity index (χ1v) is 8.59. The molecule has 0 N–H and O–H groups in total. The van der Waals surface area contributed by atoms with Crippen LogP contribution >= 0.6 is 0 Å². The molecule has 2 nitrogen and oxygen atoms in total. The minimum atomic E-state index is -1.36. The molecule has 0 bridgehead atoms. The van der Waals surface area contributed by atoms with E-state index in [1.807, 2.05) is 24.3 Å². The molecule has 0 fully saturated rings. The van der Waals surface area contributed by atoms with E-state index in [2.05, 4.69) is 25.3 Å². The zero-order valence-electron chi connectivity index (χ0n) is 9.20.